The van der Waals surface area contributed by atoms with E-state index >= 15 is 0 Å². The normalized spacial score (nSPS) is 10.6. The molecule has 0 saturated carbocycles. The van der Waals surface area contributed by atoms with Gasteiger partial charge in [-0.3, -0.25) is 4.79 Å². The van der Waals surface area contributed by atoms with Crippen LogP contribution in [0.4, 0.5) is 0 Å². The molecule has 0 aliphatic carbocycles. The van der Waals surface area contributed by atoms with Gasteiger partial charge in [-0.1, -0.05) is 54.9 Å². The van der Waals surface area contributed by atoms with E-state index < -0.39 is 0 Å². The topological polar surface area (TPSA) is 46.9 Å². The fourth-order valence-corrected chi connectivity index (χ4v) is 2.79. The molecule has 0 saturated heterocycles. The number of rotatable bonds is 5. The lowest BCUT2D eigenvalue weighted by atomic mass is 10.1. The molecule has 3 rings (SSSR count). The van der Waals surface area contributed by atoms with Crippen LogP contribution in [0.1, 0.15) is 28.5 Å². The summed E-state index contributed by atoms with van der Waals surface area (Å²) in [5.41, 5.74) is 3.36. The van der Waals surface area contributed by atoms with Crippen LogP contribution in [-0.2, 0) is 13.0 Å². The highest BCUT2D eigenvalue weighted by atomic mass is 35.5. The summed E-state index contributed by atoms with van der Waals surface area (Å²) in [6.45, 7) is 2.50. The number of hydrogen-bond donors (Lipinski definition) is 1. The van der Waals surface area contributed by atoms with E-state index in [1.54, 1.807) is 10.9 Å². The van der Waals surface area contributed by atoms with Gasteiger partial charge in [-0.2, -0.15) is 5.10 Å². The predicted molar refractivity (Wildman–Crippen MR) is 95.6 cm³/mol. The zero-order valence-electron chi connectivity index (χ0n) is 13.4. The van der Waals surface area contributed by atoms with E-state index in [1.165, 1.54) is 0 Å². The molecular weight excluding hydrogens is 322 g/mol. The van der Waals surface area contributed by atoms with E-state index in [-0.39, 0.29) is 5.91 Å². The van der Waals surface area contributed by atoms with Crippen LogP contribution in [0.5, 0.6) is 0 Å². The molecule has 1 amide bonds. The van der Waals surface area contributed by atoms with Gasteiger partial charge in [-0.25, -0.2) is 4.68 Å². The third-order valence-electron chi connectivity index (χ3n) is 3.80. The molecule has 0 aliphatic rings. The molecular formula is C19H18ClN3O. The number of halogens is 1. The molecule has 122 valence electrons. The maximum absolute atomic E-state index is 12.5. The zero-order chi connectivity index (χ0) is 16.9. The van der Waals surface area contributed by atoms with Crippen molar-refractivity contribution in [2.75, 3.05) is 0 Å². The zero-order valence-corrected chi connectivity index (χ0v) is 14.1. The van der Waals surface area contributed by atoms with Gasteiger partial charge in [0.15, 0.2) is 0 Å². The first-order chi connectivity index (χ1) is 11.7. The van der Waals surface area contributed by atoms with E-state index in [2.05, 4.69) is 10.4 Å². The molecule has 2 aromatic carbocycles. The average molecular weight is 340 g/mol. The van der Waals surface area contributed by atoms with Crippen LogP contribution < -0.4 is 5.32 Å². The summed E-state index contributed by atoms with van der Waals surface area (Å²) in [5.74, 6) is -0.121. The molecule has 1 aromatic heterocycles. The van der Waals surface area contributed by atoms with E-state index in [1.807, 2.05) is 61.5 Å². The van der Waals surface area contributed by atoms with Crippen LogP contribution >= 0.6 is 11.6 Å². The van der Waals surface area contributed by atoms with Gasteiger partial charge in [0.05, 0.1) is 23.1 Å². The monoisotopic (exact) mass is 339 g/mol. The summed E-state index contributed by atoms with van der Waals surface area (Å²) in [4.78, 5) is 12.5. The summed E-state index contributed by atoms with van der Waals surface area (Å²) in [5, 5.41) is 7.96. The number of carbonyl (C=O) groups excluding carboxylic acids is 1. The predicted octanol–water partition coefficient (Wildman–Crippen LogP) is 4.02. The minimum Gasteiger partial charge on any atom is -0.348 e. The standard InChI is InChI=1S/C19H18ClN3O/c1-2-18-17(19(24)21-12-14-7-4-3-5-8-14)13-22-23(18)16-10-6-9-15(20)11-16/h3-11,13H,2,12H2,1H3,(H,21,24). The van der Waals surface area contributed by atoms with Crippen LogP contribution in [0.15, 0.2) is 60.8 Å². The van der Waals surface area contributed by atoms with Crippen molar-refractivity contribution in [1.29, 1.82) is 0 Å². The number of nitrogens with zero attached hydrogens (tertiary/aromatic N) is 2. The van der Waals surface area contributed by atoms with Crippen molar-refractivity contribution < 1.29 is 4.79 Å². The van der Waals surface area contributed by atoms with E-state index in [9.17, 15) is 4.79 Å². The van der Waals surface area contributed by atoms with Gasteiger partial charge in [-0.05, 0) is 30.2 Å². The number of nitrogens with one attached hydrogen (secondary N) is 1. The van der Waals surface area contributed by atoms with Crippen molar-refractivity contribution in [3.8, 4) is 5.69 Å². The van der Waals surface area contributed by atoms with Gasteiger partial charge < -0.3 is 5.32 Å². The molecule has 0 bridgehead atoms. The van der Waals surface area contributed by atoms with Gasteiger partial charge in [0.25, 0.3) is 5.91 Å². The third-order valence-corrected chi connectivity index (χ3v) is 4.03. The molecule has 0 fully saturated rings. The molecule has 0 aliphatic heterocycles. The highest BCUT2D eigenvalue weighted by Crippen LogP contribution is 2.19. The maximum Gasteiger partial charge on any atom is 0.255 e. The third kappa shape index (κ3) is 3.49. The number of benzene rings is 2. The largest absolute Gasteiger partial charge is 0.348 e. The van der Waals surface area contributed by atoms with Crippen LogP contribution in [0.3, 0.4) is 0 Å². The van der Waals surface area contributed by atoms with Crippen molar-refractivity contribution in [2.24, 2.45) is 0 Å². The first-order valence-electron chi connectivity index (χ1n) is 7.84. The molecule has 1 N–H and O–H groups in total. The van der Waals surface area contributed by atoms with E-state index in [0.29, 0.717) is 23.6 Å². The van der Waals surface area contributed by atoms with E-state index in [0.717, 1.165) is 16.9 Å². The molecule has 3 aromatic rings. The Morgan fingerprint density at radius 3 is 2.67 bits per heavy atom. The summed E-state index contributed by atoms with van der Waals surface area (Å²) < 4.78 is 1.77. The molecule has 5 heteroatoms. The molecule has 24 heavy (non-hydrogen) atoms. The lowest BCUT2D eigenvalue weighted by Gasteiger charge is -2.09. The second-order valence-corrected chi connectivity index (χ2v) is 5.85. The van der Waals surface area contributed by atoms with Crippen LogP contribution in [-0.4, -0.2) is 15.7 Å². The maximum atomic E-state index is 12.5. The second kappa shape index (κ2) is 7.32. The number of aromatic nitrogens is 2. The van der Waals surface area contributed by atoms with Gasteiger partial charge in [-0.15, -0.1) is 0 Å². The molecule has 1 heterocycles. The van der Waals surface area contributed by atoms with Gasteiger partial charge in [0, 0.05) is 11.6 Å². The SMILES string of the molecule is CCc1c(C(=O)NCc2ccccc2)cnn1-c1cccc(Cl)c1. The Morgan fingerprint density at radius 1 is 1.17 bits per heavy atom. The Labute approximate surface area is 146 Å². The van der Waals surface area contributed by atoms with Crippen molar-refractivity contribution in [3.05, 3.63) is 82.6 Å². The Balaban J connectivity index is 1.82. The number of carbonyl (C=O) groups is 1. The molecule has 4 nitrogen and oxygen atoms in total. The second-order valence-electron chi connectivity index (χ2n) is 5.42. The van der Waals surface area contributed by atoms with Crippen LogP contribution in [0.2, 0.25) is 5.02 Å². The summed E-state index contributed by atoms with van der Waals surface area (Å²) in [6, 6.07) is 17.3. The van der Waals surface area contributed by atoms with Crippen molar-refractivity contribution in [1.82, 2.24) is 15.1 Å². The summed E-state index contributed by atoms with van der Waals surface area (Å²) in [7, 11) is 0. The quantitative estimate of drug-likeness (QED) is 0.763. The summed E-state index contributed by atoms with van der Waals surface area (Å²) in [6.07, 6.45) is 2.31. The van der Waals surface area contributed by atoms with E-state index in [4.69, 9.17) is 11.6 Å². The van der Waals surface area contributed by atoms with Gasteiger partial charge in [0.1, 0.15) is 0 Å². The minimum absolute atomic E-state index is 0.121. The molecule has 0 spiro atoms. The minimum atomic E-state index is -0.121. The van der Waals surface area contributed by atoms with Crippen LogP contribution in [0, 0.1) is 0 Å². The first-order valence-corrected chi connectivity index (χ1v) is 8.21. The number of hydrogen-bond acceptors (Lipinski definition) is 2. The molecule has 0 unspecified atom stereocenters. The van der Waals surface area contributed by atoms with Gasteiger partial charge in [0.2, 0.25) is 0 Å². The highest BCUT2D eigenvalue weighted by molar-refractivity contribution is 6.30. The highest BCUT2D eigenvalue weighted by Gasteiger charge is 2.17. The van der Waals surface area contributed by atoms with Crippen molar-refractivity contribution in [3.63, 3.8) is 0 Å². The Hall–Kier alpha value is -2.59. The fourth-order valence-electron chi connectivity index (χ4n) is 2.61. The summed E-state index contributed by atoms with van der Waals surface area (Å²) >= 11 is 6.06. The number of amides is 1. The molecule has 0 atom stereocenters. The lowest BCUT2D eigenvalue weighted by Crippen LogP contribution is -2.23. The first kappa shape index (κ1) is 16.3. The fraction of sp³-hybridized carbons (Fsp3) is 0.158. The smallest absolute Gasteiger partial charge is 0.255 e. The van der Waals surface area contributed by atoms with Crippen molar-refractivity contribution in [2.45, 2.75) is 19.9 Å². The lowest BCUT2D eigenvalue weighted by molar-refractivity contribution is 0.0950. The molecule has 0 radical (unpaired) electrons. The average Bonchev–Trinajstić information content (AvgIpc) is 3.04. The van der Waals surface area contributed by atoms with Gasteiger partial charge >= 0.3 is 0 Å². The Morgan fingerprint density at radius 2 is 1.96 bits per heavy atom. The van der Waals surface area contributed by atoms with Crippen LogP contribution in [0.25, 0.3) is 5.69 Å². The Bertz CT molecular complexity index is 843. The van der Waals surface area contributed by atoms with Crippen molar-refractivity contribution >= 4 is 17.5 Å². The Kier molecular flexibility index (Phi) is 4.96.